The number of hydrogen-bond donors (Lipinski definition) is 1. The van der Waals surface area contributed by atoms with Crippen molar-refractivity contribution < 1.29 is 4.39 Å². The van der Waals surface area contributed by atoms with Crippen LogP contribution >= 0.6 is 11.6 Å². The van der Waals surface area contributed by atoms with E-state index in [9.17, 15) is 4.39 Å². The predicted octanol–water partition coefficient (Wildman–Crippen LogP) is 3.93. The molecule has 92 valence electrons. The summed E-state index contributed by atoms with van der Waals surface area (Å²) < 4.78 is 13.5. The summed E-state index contributed by atoms with van der Waals surface area (Å²) in [7, 11) is 0. The second kappa shape index (κ2) is 6.18. The molecule has 1 unspecified atom stereocenters. The summed E-state index contributed by atoms with van der Waals surface area (Å²) >= 11 is 5.96. The highest BCUT2D eigenvalue weighted by Gasteiger charge is 2.10. The lowest BCUT2D eigenvalue weighted by atomic mass is 9.94. The molecule has 1 aliphatic carbocycles. The van der Waals surface area contributed by atoms with Crippen molar-refractivity contribution in [2.75, 3.05) is 6.54 Å². The topological polar surface area (TPSA) is 12.0 Å². The summed E-state index contributed by atoms with van der Waals surface area (Å²) in [6, 6.07) is 4.81. The van der Waals surface area contributed by atoms with Crippen LogP contribution in [0.15, 0.2) is 30.4 Å². The Morgan fingerprint density at radius 2 is 2.24 bits per heavy atom. The Bertz CT molecular complexity index is 383. The van der Waals surface area contributed by atoms with E-state index in [2.05, 4.69) is 17.5 Å². The molecule has 1 N–H and O–H groups in total. The fraction of sp³-hybridized carbons (Fsp3) is 0.429. The fourth-order valence-electron chi connectivity index (χ4n) is 2.14. The van der Waals surface area contributed by atoms with Gasteiger partial charge in [-0.05, 0) is 43.9 Å². The van der Waals surface area contributed by atoms with Gasteiger partial charge in [0.25, 0.3) is 0 Å². The number of hydrogen-bond acceptors (Lipinski definition) is 1. The van der Waals surface area contributed by atoms with E-state index in [4.69, 9.17) is 11.6 Å². The number of halogens is 2. The molecule has 0 amide bonds. The van der Waals surface area contributed by atoms with Gasteiger partial charge in [-0.2, -0.15) is 0 Å². The fourth-order valence-corrected chi connectivity index (χ4v) is 2.37. The first-order chi connectivity index (χ1) is 8.27. The zero-order valence-electron chi connectivity index (χ0n) is 9.76. The molecule has 0 bridgehead atoms. The van der Waals surface area contributed by atoms with Crippen molar-refractivity contribution in [2.45, 2.75) is 25.8 Å². The molecule has 1 atom stereocenters. The highest BCUT2D eigenvalue weighted by atomic mass is 35.5. The maximum atomic E-state index is 13.5. The number of rotatable bonds is 4. The molecular weight excluding hydrogens is 237 g/mol. The maximum Gasteiger partial charge on any atom is 0.129 e. The van der Waals surface area contributed by atoms with Crippen LogP contribution in [0.4, 0.5) is 4.39 Å². The van der Waals surface area contributed by atoms with Crippen molar-refractivity contribution in [1.29, 1.82) is 0 Å². The minimum atomic E-state index is -0.228. The van der Waals surface area contributed by atoms with Gasteiger partial charge in [-0.3, -0.25) is 0 Å². The monoisotopic (exact) mass is 253 g/mol. The lowest BCUT2D eigenvalue weighted by molar-refractivity contribution is 0.437. The average Bonchev–Trinajstić information content (AvgIpc) is 2.34. The van der Waals surface area contributed by atoms with E-state index in [1.165, 1.54) is 12.5 Å². The average molecular weight is 254 g/mol. The molecule has 0 fully saturated rings. The van der Waals surface area contributed by atoms with Gasteiger partial charge in [0.2, 0.25) is 0 Å². The van der Waals surface area contributed by atoms with Crippen LogP contribution in [-0.4, -0.2) is 6.54 Å². The first-order valence-corrected chi connectivity index (χ1v) is 6.44. The summed E-state index contributed by atoms with van der Waals surface area (Å²) in [5, 5.41) is 3.80. The lowest BCUT2D eigenvalue weighted by Crippen LogP contribution is -2.23. The van der Waals surface area contributed by atoms with Gasteiger partial charge >= 0.3 is 0 Å². The minimum absolute atomic E-state index is 0.228. The van der Waals surface area contributed by atoms with Crippen molar-refractivity contribution in [3.05, 3.63) is 46.8 Å². The maximum absolute atomic E-state index is 13.5. The van der Waals surface area contributed by atoms with Crippen LogP contribution in [0.2, 0.25) is 5.02 Å². The third kappa shape index (κ3) is 3.55. The van der Waals surface area contributed by atoms with Crippen molar-refractivity contribution in [1.82, 2.24) is 5.32 Å². The predicted molar refractivity (Wildman–Crippen MR) is 69.6 cm³/mol. The van der Waals surface area contributed by atoms with Crippen LogP contribution in [0.3, 0.4) is 0 Å². The normalized spacial score (nSPS) is 19.5. The van der Waals surface area contributed by atoms with Gasteiger partial charge in [-0.15, -0.1) is 0 Å². The molecule has 0 saturated carbocycles. The summed E-state index contributed by atoms with van der Waals surface area (Å²) in [6.07, 6.45) is 7.95. The van der Waals surface area contributed by atoms with Crippen molar-refractivity contribution in [3.8, 4) is 0 Å². The van der Waals surface area contributed by atoms with Crippen LogP contribution < -0.4 is 5.32 Å². The van der Waals surface area contributed by atoms with Crippen LogP contribution in [0.1, 0.15) is 24.8 Å². The number of allylic oxidation sites excluding steroid dienone is 2. The lowest BCUT2D eigenvalue weighted by Gasteiger charge is -2.18. The van der Waals surface area contributed by atoms with E-state index >= 15 is 0 Å². The van der Waals surface area contributed by atoms with Crippen molar-refractivity contribution in [2.24, 2.45) is 5.92 Å². The van der Waals surface area contributed by atoms with E-state index in [1.54, 1.807) is 12.1 Å². The molecule has 0 spiro atoms. The largest absolute Gasteiger partial charge is 0.312 e. The van der Waals surface area contributed by atoms with E-state index in [-0.39, 0.29) is 5.82 Å². The van der Waals surface area contributed by atoms with Gasteiger partial charge < -0.3 is 5.32 Å². The SMILES string of the molecule is Fc1cccc(Cl)c1CNCC1CC=CCC1. The molecule has 0 aromatic heterocycles. The number of benzene rings is 1. The Morgan fingerprint density at radius 1 is 1.35 bits per heavy atom. The molecule has 1 aromatic rings. The van der Waals surface area contributed by atoms with Crippen LogP contribution in [0.5, 0.6) is 0 Å². The van der Waals surface area contributed by atoms with Gasteiger partial charge in [0, 0.05) is 17.1 Å². The highest BCUT2D eigenvalue weighted by molar-refractivity contribution is 6.31. The Kier molecular flexibility index (Phi) is 4.57. The molecule has 17 heavy (non-hydrogen) atoms. The second-order valence-corrected chi connectivity index (χ2v) is 4.89. The van der Waals surface area contributed by atoms with Gasteiger partial charge in [0.15, 0.2) is 0 Å². The molecule has 0 aliphatic heterocycles. The Labute approximate surface area is 107 Å². The van der Waals surface area contributed by atoms with Gasteiger partial charge in [0.05, 0.1) is 0 Å². The quantitative estimate of drug-likeness (QED) is 0.802. The second-order valence-electron chi connectivity index (χ2n) is 4.48. The van der Waals surface area contributed by atoms with Crippen LogP contribution in [0.25, 0.3) is 0 Å². The molecular formula is C14H17ClFN. The van der Waals surface area contributed by atoms with Crippen LogP contribution in [-0.2, 0) is 6.54 Å². The van der Waals surface area contributed by atoms with E-state index in [0.29, 0.717) is 23.0 Å². The molecule has 3 heteroatoms. The third-order valence-corrected chi connectivity index (χ3v) is 3.53. The summed E-state index contributed by atoms with van der Waals surface area (Å²) in [5.74, 6) is 0.444. The summed E-state index contributed by atoms with van der Waals surface area (Å²) in [5.41, 5.74) is 0.570. The first kappa shape index (κ1) is 12.6. The Hall–Kier alpha value is -0.860. The first-order valence-electron chi connectivity index (χ1n) is 6.06. The Morgan fingerprint density at radius 3 is 2.94 bits per heavy atom. The standard InChI is InChI=1S/C14H17ClFN/c15-13-7-4-8-14(16)12(13)10-17-9-11-5-2-1-3-6-11/h1-2,4,7-8,11,17H,3,5-6,9-10H2. The van der Waals surface area contributed by atoms with E-state index in [0.717, 1.165) is 19.4 Å². The van der Waals surface area contributed by atoms with Gasteiger partial charge in [-0.1, -0.05) is 29.8 Å². The van der Waals surface area contributed by atoms with Gasteiger partial charge in [-0.25, -0.2) is 4.39 Å². The zero-order chi connectivity index (χ0) is 12.1. The zero-order valence-corrected chi connectivity index (χ0v) is 10.5. The van der Waals surface area contributed by atoms with Gasteiger partial charge in [0.1, 0.15) is 5.82 Å². The highest BCUT2D eigenvalue weighted by Crippen LogP contribution is 2.20. The minimum Gasteiger partial charge on any atom is -0.312 e. The third-order valence-electron chi connectivity index (χ3n) is 3.17. The van der Waals surface area contributed by atoms with Crippen molar-refractivity contribution in [3.63, 3.8) is 0 Å². The summed E-state index contributed by atoms with van der Waals surface area (Å²) in [4.78, 5) is 0. The molecule has 1 aromatic carbocycles. The molecule has 0 saturated heterocycles. The molecule has 1 nitrogen and oxygen atoms in total. The van der Waals surface area contributed by atoms with Crippen LogP contribution in [0, 0.1) is 11.7 Å². The Balaban J connectivity index is 1.83. The molecule has 0 radical (unpaired) electrons. The van der Waals surface area contributed by atoms with E-state index in [1.807, 2.05) is 0 Å². The van der Waals surface area contributed by atoms with Crippen molar-refractivity contribution >= 4 is 11.6 Å². The molecule has 0 heterocycles. The summed E-state index contributed by atoms with van der Waals surface area (Å²) in [6.45, 7) is 1.43. The smallest absolute Gasteiger partial charge is 0.129 e. The molecule has 2 rings (SSSR count). The number of nitrogens with one attached hydrogen (secondary N) is 1. The van der Waals surface area contributed by atoms with E-state index < -0.39 is 0 Å². The molecule has 1 aliphatic rings.